The zero-order valence-corrected chi connectivity index (χ0v) is 14.5. The topological polar surface area (TPSA) is 154 Å². The van der Waals surface area contributed by atoms with Gasteiger partial charge in [0.25, 0.3) is 5.56 Å². The SMILES string of the molecule is CN(C)CCCC(=O)c1c(N)[nH]c(=O)c2ccccc12.O=C(O)C(=O)O. The lowest BCUT2D eigenvalue weighted by Gasteiger charge is -2.11. The van der Waals surface area contributed by atoms with Crippen molar-refractivity contribution < 1.29 is 24.6 Å². The largest absolute Gasteiger partial charge is 0.473 e. The summed E-state index contributed by atoms with van der Waals surface area (Å²) in [4.78, 5) is 47.0. The van der Waals surface area contributed by atoms with E-state index in [0.29, 0.717) is 22.8 Å². The van der Waals surface area contributed by atoms with E-state index in [2.05, 4.69) is 4.98 Å². The van der Waals surface area contributed by atoms with Crippen LogP contribution in [0, 0.1) is 0 Å². The predicted octanol–water partition coefficient (Wildman–Crippen LogP) is 0.790. The van der Waals surface area contributed by atoms with Crippen LogP contribution in [0.2, 0.25) is 0 Å². The van der Waals surface area contributed by atoms with Gasteiger partial charge in [-0.1, -0.05) is 18.2 Å². The normalized spacial score (nSPS) is 10.3. The fourth-order valence-corrected chi connectivity index (χ4v) is 2.28. The van der Waals surface area contributed by atoms with Gasteiger partial charge in [-0.05, 0) is 33.1 Å². The number of hydrogen-bond acceptors (Lipinski definition) is 6. The number of carbonyl (C=O) groups excluding carboxylic acids is 1. The third-order valence-electron chi connectivity index (χ3n) is 3.43. The second-order valence-corrected chi connectivity index (χ2v) is 5.73. The molecule has 2 aromatic rings. The number of fused-ring (bicyclic) bond motifs is 1. The Kier molecular flexibility index (Phi) is 7.48. The van der Waals surface area contributed by atoms with Crippen molar-refractivity contribution in [3.63, 3.8) is 0 Å². The second-order valence-electron chi connectivity index (χ2n) is 5.73. The van der Waals surface area contributed by atoms with Gasteiger partial charge in [0.05, 0.1) is 5.56 Å². The van der Waals surface area contributed by atoms with Crippen LogP contribution in [0.5, 0.6) is 0 Å². The molecule has 1 aromatic heterocycles. The molecule has 0 aliphatic heterocycles. The van der Waals surface area contributed by atoms with Crippen molar-refractivity contribution >= 4 is 34.3 Å². The van der Waals surface area contributed by atoms with Gasteiger partial charge in [-0.3, -0.25) is 9.59 Å². The average molecular weight is 363 g/mol. The van der Waals surface area contributed by atoms with E-state index in [-0.39, 0.29) is 17.2 Å². The van der Waals surface area contributed by atoms with Crippen molar-refractivity contribution in [2.75, 3.05) is 26.4 Å². The third-order valence-corrected chi connectivity index (χ3v) is 3.43. The Hall–Kier alpha value is -3.20. The number of rotatable bonds is 5. The summed E-state index contributed by atoms with van der Waals surface area (Å²) < 4.78 is 0. The molecule has 5 N–H and O–H groups in total. The second kappa shape index (κ2) is 9.33. The Balaban J connectivity index is 0.000000487. The summed E-state index contributed by atoms with van der Waals surface area (Å²) >= 11 is 0. The predicted molar refractivity (Wildman–Crippen MR) is 96.4 cm³/mol. The maximum atomic E-state index is 12.4. The molecule has 0 unspecified atom stereocenters. The molecule has 0 fully saturated rings. The van der Waals surface area contributed by atoms with Gasteiger partial charge in [0, 0.05) is 17.2 Å². The Labute approximate surface area is 149 Å². The van der Waals surface area contributed by atoms with Crippen LogP contribution in [0.25, 0.3) is 10.8 Å². The maximum absolute atomic E-state index is 12.4. The van der Waals surface area contributed by atoms with Gasteiger partial charge in [0.2, 0.25) is 0 Å². The first-order valence-corrected chi connectivity index (χ1v) is 7.69. The molecule has 9 heteroatoms. The number of Topliss-reactive ketones (excluding diaryl/α,β-unsaturated/α-hetero) is 1. The quantitative estimate of drug-likeness (QED) is 0.449. The van der Waals surface area contributed by atoms with Gasteiger partial charge in [-0.2, -0.15) is 0 Å². The van der Waals surface area contributed by atoms with Crippen LogP contribution in [0.3, 0.4) is 0 Å². The van der Waals surface area contributed by atoms with Crippen molar-refractivity contribution in [2.45, 2.75) is 12.8 Å². The number of hydrogen-bond donors (Lipinski definition) is 4. The fourth-order valence-electron chi connectivity index (χ4n) is 2.28. The molecule has 1 aromatic carbocycles. The third kappa shape index (κ3) is 5.71. The monoisotopic (exact) mass is 363 g/mol. The Morgan fingerprint density at radius 3 is 2.12 bits per heavy atom. The number of carboxylic acids is 2. The highest BCUT2D eigenvalue weighted by atomic mass is 16.4. The smallest absolute Gasteiger partial charge is 0.414 e. The first kappa shape index (κ1) is 20.8. The zero-order valence-electron chi connectivity index (χ0n) is 14.5. The van der Waals surface area contributed by atoms with E-state index in [0.717, 1.165) is 13.0 Å². The summed E-state index contributed by atoms with van der Waals surface area (Å²) in [7, 11) is 3.93. The lowest BCUT2D eigenvalue weighted by molar-refractivity contribution is -0.159. The number of carbonyl (C=O) groups is 3. The number of benzene rings is 1. The highest BCUT2D eigenvalue weighted by molar-refractivity contribution is 6.27. The van der Waals surface area contributed by atoms with E-state index in [9.17, 15) is 9.59 Å². The number of nitrogens with one attached hydrogen (secondary N) is 1. The molecule has 140 valence electrons. The van der Waals surface area contributed by atoms with Crippen LogP contribution in [0.4, 0.5) is 5.82 Å². The van der Waals surface area contributed by atoms with Crippen LogP contribution in [-0.4, -0.2) is 58.5 Å². The number of aliphatic carboxylic acids is 2. The van der Waals surface area contributed by atoms with E-state index in [1.165, 1.54) is 0 Å². The number of H-pyrrole nitrogens is 1. The summed E-state index contributed by atoms with van der Waals surface area (Å²) in [6.07, 6.45) is 1.18. The number of pyridine rings is 1. The average Bonchev–Trinajstić information content (AvgIpc) is 2.55. The first-order valence-electron chi connectivity index (χ1n) is 7.69. The van der Waals surface area contributed by atoms with E-state index in [1.54, 1.807) is 24.3 Å². The van der Waals surface area contributed by atoms with Crippen molar-refractivity contribution in [2.24, 2.45) is 0 Å². The minimum atomic E-state index is -1.82. The minimum absolute atomic E-state index is 0.0307. The molecule has 0 spiro atoms. The summed E-state index contributed by atoms with van der Waals surface area (Å²) in [5.74, 6) is -3.52. The molecule has 0 aliphatic rings. The fraction of sp³-hybridized carbons (Fsp3) is 0.294. The van der Waals surface area contributed by atoms with Crippen LogP contribution in [-0.2, 0) is 9.59 Å². The van der Waals surface area contributed by atoms with Gasteiger partial charge >= 0.3 is 11.9 Å². The number of nitrogen functional groups attached to an aromatic ring is 1. The number of aromatic nitrogens is 1. The van der Waals surface area contributed by atoms with E-state index >= 15 is 0 Å². The molecule has 0 saturated carbocycles. The Morgan fingerprint density at radius 1 is 1.08 bits per heavy atom. The van der Waals surface area contributed by atoms with Gasteiger partial charge in [0.15, 0.2) is 5.78 Å². The molecule has 2 rings (SSSR count). The maximum Gasteiger partial charge on any atom is 0.414 e. The molecule has 9 nitrogen and oxygen atoms in total. The van der Waals surface area contributed by atoms with Gasteiger partial charge < -0.3 is 25.8 Å². The summed E-state index contributed by atoms with van der Waals surface area (Å²) in [5, 5.41) is 15.9. The minimum Gasteiger partial charge on any atom is -0.473 e. The van der Waals surface area contributed by atoms with Gasteiger partial charge in [-0.25, -0.2) is 9.59 Å². The Morgan fingerprint density at radius 2 is 1.62 bits per heavy atom. The van der Waals surface area contributed by atoms with Gasteiger partial charge in [-0.15, -0.1) is 0 Å². The zero-order chi connectivity index (χ0) is 19.9. The summed E-state index contributed by atoms with van der Waals surface area (Å²) in [6.45, 7) is 0.840. The molecule has 0 saturated heterocycles. The number of nitrogens with two attached hydrogens (primary N) is 1. The molecule has 0 aliphatic carbocycles. The molecule has 0 bridgehead atoms. The van der Waals surface area contributed by atoms with Crippen molar-refractivity contribution in [1.29, 1.82) is 0 Å². The van der Waals surface area contributed by atoms with E-state index in [4.69, 9.17) is 25.5 Å². The first-order chi connectivity index (χ1) is 12.1. The standard InChI is InChI=1S/C15H19N3O2.C2H2O4/c1-18(2)9-5-8-12(19)13-10-6-3-4-7-11(10)15(20)17-14(13)16;3-1(4)2(5)6/h3-4,6-7H,5,8-9H2,1-2H3,(H3,16,17,20);(H,3,4)(H,5,6). The molecule has 0 radical (unpaired) electrons. The number of nitrogens with zero attached hydrogens (tertiary/aromatic N) is 1. The lowest BCUT2D eigenvalue weighted by atomic mass is 10.0. The number of carboxylic acid groups (broad SMARTS) is 2. The number of anilines is 1. The highest BCUT2D eigenvalue weighted by Crippen LogP contribution is 2.21. The van der Waals surface area contributed by atoms with Crippen molar-refractivity contribution in [3.8, 4) is 0 Å². The highest BCUT2D eigenvalue weighted by Gasteiger charge is 2.16. The number of ketones is 1. The lowest BCUT2D eigenvalue weighted by Crippen LogP contribution is -2.17. The van der Waals surface area contributed by atoms with E-state index in [1.807, 2.05) is 19.0 Å². The van der Waals surface area contributed by atoms with Crippen LogP contribution < -0.4 is 11.3 Å². The van der Waals surface area contributed by atoms with Crippen LogP contribution in [0.1, 0.15) is 23.2 Å². The van der Waals surface area contributed by atoms with Crippen LogP contribution >= 0.6 is 0 Å². The van der Waals surface area contributed by atoms with E-state index < -0.39 is 11.9 Å². The molecule has 1 heterocycles. The molecular formula is C17H21N3O6. The van der Waals surface area contributed by atoms with Crippen molar-refractivity contribution in [3.05, 3.63) is 40.2 Å². The van der Waals surface area contributed by atoms with Crippen molar-refractivity contribution in [1.82, 2.24) is 9.88 Å². The van der Waals surface area contributed by atoms with Crippen LogP contribution in [0.15, 0.2) is 29.1 Å². The number of aromatic amines is 1. The Bertz CT molecular complexity index is 860. The summed E-state index contributed by atoms with van der Waals surface area (Å²) in [5.41, 5.74) is 6.00. The summed E-state index contributed by atoms with van der Waals surface area (Å²) in [6, 6.07) is 7.04. The molecule has 26 heavy (non-hydrogen) atoms. The molecular weight excluding hydrogens is 342 g/mol. The van der Waals surface area contributed by atoms with Gasteiger partial charge in [0.1, 0.15) is 5.82 Å². The molecule has 0 atom stereocenters. The molecule has 0 amide bonds.